The molecule has 0 aliphatic rings. The van der Waals surface area contributed by atoms with Gasteiger partial charge < -0.3 is 10.6 Å². The predicted molar refractivity (Wildman–Crippen MR) is 78.7 cm³/mol. The maximum Gasteiger partial charge on any atom is 0.278 e. The molecule has 0 fully saturated rings. The zero-order valence-electron chi connectivity index (χ0n) is 11.0. The van der Waals surface area contributed by atoms with E-state index in [0.717, 1.165) is 0 Å². The van der Waals surface area contributed by atoms with E-state index in [2.05, 4.69) is 21.5 Å². The molecule has 0 aliphatic carbocycles. The first-order chi connectivity index (χ1) is 10.1. The number of nitro groups is 1. The number of aromatic nitrogens is 1. The Hall–Kier alpha value is -3.14. The van der Waals surface area contributed by atoms with E-state index in [0.29, 0.717) is 16.5 Å². The highest BCUT2D eigenvalue weighted by atomic mass is 16.6. The SMILES string of the molecule is C#CCNC(=O)CNc1ccc([N+](=O)[O-])c2cnccc12. The number of hydrogen-bond acceptors (Lipinski definition) is 5. The molecular formula is C14H12N4O3. The second-order valence-corrected chi connectivity index (χ2v) is 4.15. The van der Waals surface area contributed by atoms with Crippen molar-refractivity contribution in [2.24, 2.45) is 0 Å². The summed E-state index contributed by atoms with van der Waals surface area (Å²) in [6, 6.07) is 4.60. The summed E-state index contributed by atoms with van der Waals surface area (Å²) in [7, 11) is 0. The Morgan fingerprint density at radius 1 is 1.38 bits per heavy atom. The minimum atomic E-state index is -0.465. The van der Waals surface area contributed by atoms with E-state index in [9.17, 15) is 14.9 Å². The van der Waals surface area contributed by atoms with Crippen LogP contribution in [0.25, 0.3) is 10.8 Å². The first-order valence-electron chi connectivity index (χ1n) is 6.08. The zero-order valence-corrected chi connectivity index (χ0v) is 11.0. The fraction of sp³-hybridized carbons (Fsp3) is 0.143. The number of carbonyl (C=O) groups is 1. The Bertz CT molecular complexity index is 737. The van der Waals surface area contributed by atoms with Gasteiger partial charge in [-0.15, -0.1) is 6.42 Å². The van der Waals surface area contributed by atoms with Gasteiger partial charge >= 0.3 is 0 Å². The number of rotatable bonds is 5. The molecule has 7 heteroatoms. The summed E-state index contributed by atoms with van der Waals surface area (Å²) in [5.41, 5.74) is 0.592. The maximum absolute atomic E-state index is 11.5. The van der Waals surface area contributed by atoms with Crippen molar-refractivity contribution in [1.29, 1.82) is 0 Å². The molecule has 0 saturated heterocycles. The lowest BCUT2D eigenvalue weighted by atomic mass is 10.1. The molecule has 7 nitrogen and oxygen atoms in total. The number of nitrogens with zero attached hydrogens (tertiary/aromatic N) is 2. The third-order valence-corrected chi connectivity index (χ3v) is 2.82. The van der Waals surface area contributed by atoms with Crippen LogP contribution in [0.15, 0.2) is 30.6 Å². The van der Waals surface area contributed by atoms with Crippen molar-refractivity contribution in [2.75, 3.05) is 18.4 Å². The summed E-state index contributed by atoms with van der Waals surface area (Å²) in [4.78, 5) is 25.9. The van der Waals surface area contributed by atoms with E-state index in [4.69, 9.17) is 6.42 Å². The molecule has 106 valence electrons. The Balaban J connectivity index is 2.26. The summed E-state index contributed by atoms with van der Waals surface area (Å²) in [6.45, 7) is 0.183. The zero-order chi connectivity index (χ0) is 15.2. The predicted octanol–water partition coefficient (Wildman–Crippen LogP) is 1.30. The Labute approximate surface area is 120 Å². The monoisotopic (exact) mass is 284 g/mol. The molecule has 2 aromatic rings. The van der Waals surface area contributed by atoms with Crippen molar-refractivity contribution in [2.45, 2.75) is 0 Å². The lowest BCUT2D eigenvalue weighted by Crippen LogP contribution is -2.30. The van der Waals surface area contributed by atoms with Crippen LogP contribution in [-0.4, -0.2) is 28.9 Å². The summed E-state index contributed by atoms with van der Waals surface area (Å²) in [6.07, 6.45) is 8.01. The van der Waals surface area contributed by atoms with Gasteiger partial charge in [0.25, 0.3) is 5.69 Å². The largest absolute Gasteiger partial charge is 0.376 e. The molecule has 2 N–H and O–H groups in total. The molecule has 0 aliphatic heterocycles. The van der Waals surface area contributed by atoms with Crippen LogP contribution in [0.1, 0.15) is 0 Å². The van der Waals surface area contributed by atoms with Gasteiger partial charge in [0.05, 0.1) is 23.4 Å². The normalized spacial score (nSPS) is 9.86. The average molecular weight is 284 g/mol. The van der Waals surface area contributed by atoms with Gasteiger partial charge in [-0.3, -0.25) is 19.9 Å². The molecule has 0 spiro atoms. The van der Waals surface area contributed by atoms with Gasteiger partial charge in [-0.25, -0.2) is 0 Å². The van der Waals surface area contributed by atoms with Crippen LogP contribution in [-0.2, 0) is 4.79 Å². The summed E-state index contributed by atoms with van der Waals surface area (Å²) in [5, 5.41) is 17.5. The lowest BCUT2D eigenvalue weighted by molar-refractivity contribution is -0.383. The molecule has 1 amide bonds. The van der Waals surface area contributed by atoms with Crippen molar-refractivity contribution in [3.05, 3.63) is 40.7 Å². The number of terminal acetylenes is 1. The number of hydrogen-bond donors (Lipinski definition) is 2. The second-order valence-electron chi connectivity index (χ2n) is 4.15. The first kappa shape index (κ1) is 14.3. The number of pyridine rings is 1. The van der Waals surface area contributed by atoms with Crippen LogP contribution < -0.4 is 10.6 Å². The minimum absolute atomic E-state index is 0.0247. The van der Waals surface area contributed by atoms with Crippen LogP contribution in [0.2, 0.25) is 0 Å². The van der Waals surface area contributed by atoms with Crippen molar-refractivity contribution in [1.82, 2.24) is 10.3 Å². The topological polar surface area (TPSA) is 97.2 Å². The van der Waals surface area contributed by atoms with E-state index in [1.54, 1.807) is 12.1 Å². The molecule has 0 radical (unpaired) electrons. The van der Waals surface area contributed by atoms with Gasteiger partial charge in [-0.05, 0) is 12.1 Å². The highest BCUT2D eigenvalue weighted by Gasteiger charge is 2.14. The van der Waals surface area contributed by atoms with E-state index < -0.39 is 4.92 Å². The summed E-state index contributed by atoms with van der Waals surface area (Å²) < 4.78 is 0. The highest BCUT2D eigenvalue weighted by molar-refractivity contribution is 5.99. The van der Waals surface area contributed by atoms with Crippen LogP contribution >= 0.6 is 0 Å². The number of carbonyl (C=O) groups excluding carboxylic acids is 1. The van der Waals surface area contributed by atoms with Crippen LogP contribution in [0.4, 0.5) is 11.4 Å². The Morgan fingerprint density at radius 3 is 2.90 bits per heavy atom. The smallest absolute Gasteiger partial charge is 0.278 e. The molecule has 21 heavy (non-hydrogen) atoms. The number of nitrogens with one attached hydrogen (secondary N) is 2. The molecule has 0 saturated carbocycles. The summed E-state index contributed by atoms with van der Waals surface area (Å²) >= 11 is 0. The Morgan fingerprint density at radius 2 is 2.19 bits per heavy atom. The molecule has 1 aromatic heterocycles. The van der Waals surface area contributed by atoms with Gasteiger partial charge in [0.1, 0.15) is 0 Å². The van der Waals surface area contributed by atoms with Crippen molar-refractivity contribution in [3.63, 3.8) is 0 Å². The number of anilines is 1. The molecule has 1 aromatic carbocycles. The highest BCUT2D eigenvalue weighted by Crippen LogP contribution is 2.30. The van der Waals surface area contributed by atoms with Gasteiger partial charge in [-0.1, -0.05) is 5.92 Å². The molecule has 0 bridgehead atoms. The third-order valence-electron chi connectivity index (χ3n) is 2.82. The fourth-order valence-corrected chi connectivity index (χ4v) is 1.88. The van der Waals surface area contributed by atoms with Crippen LogP contribution in [0, 0.1) is 22.5 Å². The summed E-state index contributed by atoms with van der Waals surface area (Å²) in [5.74, 6) is 2.05. The van der Waals surface area contributed by atoms with Crippen LogP contribution in [0.3, 0.4) is 0 Å². The number of amides is 1. The molecule has 1 heterocycles. The second kappa shape index (κ2) is 6.34. The quantitative estimate of drug-likeness (QED) is 0.490. The van der Waals surface area contributed by atoms with Gasteiger partial charge in [0.2, 0.25) is 5.91 Å². The Kier molecular flexibility index (Phi) is 4.31. The molecular weight excluding hydrogens is 272 g/mol. The third kappa shape index (κ3) is 3.25. The number of fused-ring (bicyclic) bond motifs is 1. The number of benzene rings is 1. The van der Waals surface area contributed by atoms with E-state index in [-0.39, 0.29) is 24.7 Å². The lowest BCUT2D eigenvalue weighted by Gasteiger charge is -2.09. The molecule has 2 rings (SSSR count). The van der Waals surface area contributed by atoms with Gasteiger partial charge in [0.15, 0.2) is 0 Å². The minimum Gasteiger partial charge on any atom is -0.376 e. The number of nitro benzene ring substituents is 1. The van der Waals surface area contributed by atoms with Crippen molar-refractivity contribution in [3.8, 4) is 12.3 Å². The van der Waals surface area contributed by atoms with Crippen LogP contribution in [0.5, 0.6) is 0 Å². The van der Waals surface area contributed by atoms with Crippen molar-refractivity contribution < 1.29 is 9.72 Å². The molecule has 0 unspecified atom stereocenters. The molecule has 0 atom stereocenters. The standard InChI is InChI=1S/C14H12N4O3/c1-2-6-16-14(19)9-17-12-3-4-13(18(20)21)11-8-15-7-5-10(11)12/h1,3-5,7-8,17H,6,9H2,(H,16,19). The first-order valence-corrected chi connectivity index (χ1v) is 6.08. The fourth-order valence-electron chi connectivity index (χ4n) is 1.88. The average Bonchev–Trinajstić information content (AvgIpc) is 2.50. The van der Waals surface area contributed by atoms with Gasteiger partial charge in [-0.2, -0.15) is 0 Å². The van der Waals surface area contributed by atoms with Crippen molar-refractivity contribution >= 4 is 28.1 Å². The van der Waals surface area contributed by atoms with E-state index >= 15 is 0 Å². The van der Waals surface area contributed by atoms with E-state index in [1.807, 2.05) is 0 Å². The maximum atomic E-state index is 11.5. The van der Waals surface area contributed by atoms with Gasteiger partial charge in [0, 0.05) is 29.5 Å². The number of non-ortho nitro benzene ring substituents is 1. The van der Waals surface area contributed by atoms with E-state index in [1.165, 1.54) is 18.5 Å².